The SMILES string of the molecule is C=Cc1ccc2c(c1)n(C)c(=O)n2C1CCC(=O)NC1=O. The summed E-state index contributed by atoms with van der Waals surface area (Å²) < 4.78 is 2.97. The Labute approximate surface area is 120 Å². The molecule has 108 valence electrons. The molecule has 0 bridgehead atoms. The summed E-state index contributed by atoms with van der Waals surface area (Å²) in [7, 11) is 1.67. The summed E-state index contributed by atoms with van der Waals surface area (Å²) in [4.78, 5) is 35.7. The van der Waals surface area contributed by atoms with Gasteiger partial charge in [-0.25, -0.2) is 4.79 Å². The monoisotopic (exact) mass is 285 g/mol. The van der Waals surface area contributed by atoms with Gasteiger partial charge < -0.3 is 0 Å². The fourth-order valence-corrected chi connectivity index (χ4v) is 2.74. The third-order valence-corrected chi connectivity index (χ3v) is 3.87. The molecule has 0 aliphatic carbocycles. The highest BCUT2D eigenvalue weighted by atomic mass is 16.2. The molecule has 21 heavy (non-hydrogen) atoms. The van der Waals surface area contributed by atoms with E-state index in [2.05, 4.69) is 11.9 Å². The normalized spacial score (nSPS) is 18.8. The Balaban J connectivity index is 2.21. The van der Waals surface area contributed by atoms with E-state index in [4.69, 9.17) is 0 Å². The zero-order valence-electron chi connectivity index (χ0n) is 11.6. The van der Waals surface area contributed by atoms with Crippen LogP contribution in [0.5, 0.6) is 0 Å². The van der Waals surface area contributed by atoms with Crippen LogP contribution in [0.15, 0.2) is 29.6 Å². The predicted molar refractivity (Wildman–Crippen MR) is 78.7 cm³/mol. The zero-order valence-corrected chi connectivity index (χ0v) is 11.6. The molecule has 1 aromatic carbocycles. The molecular weight excluding hydrogens is 270 g/mol. The fraction of sp³-hybridized carbons (Fsp3) is 0.267. The molecule has 1 unspecified atom stereocenters. The van der Waals surface area contributed by atoms with Crippen molar-refractivity contribution in [2.24, 2.45) is 7.05 Å². The molecule has 6 heteroatoms. The number of nitrogens with zero attached hydrogens (tertiary/aromatic N) is 2. The molecule has 2 aromatic rings. The Bertz CT molecular complexity index is 829. The number of amides is 2. The van der Waals surface area contributed by atoms with Gasteiger partial charge in [0.2, 0.25) is 11.8 Å². The number of piperidine rings is 1. The number of hydrogen-bond acceptors (Lipinski definition) is 3. The molecule has 0 radical (unpaired) electrons. The lowest BCUT2D eigenvalue weighted by molar-refractivity contribution is -0.135. The van der Waals surface area contributed by atoms with Crippen LogP contribution in [0.25, 0.3) is 17.1 Å². The average Bonchev–Trinajstić information content (AvgIpc) is 2.71. The van der Waals surface area contributed by atoms with Gasteiger partial charge in [0.15, 0.2) is 0 Å². The van der Waals surface area contributed by atoms with E-state index in [1.807, 2.05) is 12.1 Å². The van der Waals surface area contributed by atoms with Gasteiger partial charge in [0, 0.05) is 13.5 Å². The minimum atomic E-state index is -0.645. The summed E-state index contributed by atoms with van der Waals surface area (Å²) in [5.41, 5.74) is 2.06. The fourth-order valence-electron chi connectivity index (χ4n) is 2.74. The topological polar surface area (TPSA) is 73.1 Å². The largest absolute Gasteiger partial charge is 0.329 e. The van der Waals surface area contributed by atoms with E-state index in [1.54, 1.807) is 19.2 Å². The highest BCUT2D eigenvalue weighted by Gasteiger charge is 2.31. The summed E-state index contributed by atoms with van der Waals surface area (Å²) in [6.45, 7) is 3.71. The van der Waals surface area contributed by atoms with Crippen molar-refractivity contribution in [3.63, 3.8) is 0 Å². The van der Waals surface area contributed by atoms with Crippen molar-refractivity contribution in [2.75, 3.05) is 0 Å². The van der Waals surface area contributed by atoms with Crippen LogP contribution in [-0.2, 0) is 16.6 Å². The van der Waals surface area contributed by atoms with Crippen molar-refractivity contribution in [3.05, 3.63) is 40.8 Å². The number of carbonyl (C=O) groups excluding carboxylic acids is 2. The van der Waals surface area contributed by atoms with Gasteiger partial charge in [0.1, 0.15) is 6.04 Å². The van der Waals surface area contributed by atoms with Gasteiger partial charge in [0.05, 0.1) is 11.0 Å². The van der Waals surface area contributed by atoms with E-state index in [0.717, 1.165) is 11.1 Å². The summed E-state index contributed by atoms with van der Waals surface area (Å²) in [6.07, 6.45) is 2.28. The second kappa shape index (κ2) is 4.73. The van der Waals surface area contributed by atoms with Crippen LogP contribution in [0.2, 0.25) is 0 Å². The first-order valence-corrected chi connectivity index (χ1v) is 6.70. The lowest BCUT2D eigenvalue weighted by Gasteiger charge is -2.21. The van der Waals surface area contributed by atoms with Crippen molar-refractivity contribution >= 4 is 28.9 Å². The quantitative estimate of drug-likeness (QED) is 0.835. The van der Waals surface area contributed by atoms with Gasteiger partial charge in [0.25, 0.3) is 0 Å². The number of aromatic nitrogens is 2. The molecule has 2 amide bonds. The maximum Gasteiger partial charge on any atom is 0.329 e. The Kier molecular flexibility index (Phi) is 3.01. The molecule has 3 rings (SSSR count). The molecular formula is C15H15N3O3. The number of hydrogen-bond donors (Lipinski definition) is 1. The number of aryl methyl sites for hydroxylation is 1. The molecule has 0 saturated carbocycles. The van der Waals surface area contributed by atoms with Crippen LogP contribution in [0.3, 0.4) is 0 Å². The van der Waals surface area contributed by atoms with Gasteiger partial charge in [-0.2, -0.15) is 0 Å². The third-order valence-electron chi connectivity index (χ3n) is 3.87. The van der Waals surface area contributed by atoms with Crippen LogP contribution < -0.4 is 11.0 Å². The van der Waals surface area contributed by atoms with Crippen molar-refractivity contribution in [1.82, 2.24) is 14.5 Å². The van der Waals surface area contributed by atoms with Crippen molar-refractivity contribution in [2.45, 2.75) is 18.9 Å². The lowest BCUT2D eigenvalue weighted by Crippen LogP contribution is -2.44. The minimum absolute atomic E-state index is 0.240. The smallest absolute Gasteiger partial charge is 0.295 e. The second-order valence-electron chi connectivity index (χ2n) is 5.13. The molecule has 6 nitrogen and oxygen atoms in total. The minimum Gasteiger partial charge on any atom is -0.295 e. The number of rotatable bonds is 2. The van der Waals surface area contributed by atoms with E-state index in [1.165, 1.54) is 9.13 Å². The summed E-state index contributed by atoms with van der Waals surface area (Å²) >= 11 is 0. The van der Waals surface area contributed by atoms with E-state index < -0.39 is 11.9 Å². The Morgan fingerprint density at radius 3 is 2.71 bits per heavy atom. The molecule has 2 heterocycles. The van der Waals surface area contributed by atoms with E-state index in [0.29, 0.717) is 11.9 Å². The van der Waals surface area contributed by atoms with Crippen LogP contribution in [0, 0.1) is 0 Å². The number of fused-ring (bicyclic) bond motifs is 1. The Hall–Kier alpha value is -2.63. The summed E-state index contributed by atoms with van der Waals surface area (Å²) in [5, 5.41) is 2.29. The summed E-state index contributed by atoms with van der Waals surface area (Å²) in [5.74, 6) is -0.716. The Morgan fingerprint density at radius 2 is 2.05 bits per heavy atom. The highest BCUT2D eigenvalue weighted by molar-refractivity contribution is 6.00. The molecule has 1 saturated heterocycles. The molecule has 1 atom stereocenters. The molecule has 1 aliphatic heterocycles. The standard InChI is InChI=1S/C15H15N3O3/c1-3-9-4-5-10-12(8-9)17(2)15(21)18(10)11-6-7-13(19)16-14(11)20/h3-5,8,11H,1,6-7H2,2H3,(H,16,19,20). The third kappa shape index (κ3) is 1.99. The van der Waals surface area contributed by atoms with E-state index >= 15 is 0 Å². The zero-order chi connectivity index (χ0) is 15.1. The molecule has 0 spiro atoms. The first-order valence-electron chi connectivity index (χ1n) is 6.70. The van der Waals surface area contributed by atoms with E-state index in [-0.39, 0.29) is 18.0 Å². The first kappa shape index (κ1) is 13.4. The van der Waals surface area contributed by atoms with Crippen LogP contribution in [-0.4, -0.2) is 20.9 Å². The van der Waals surface area contributed by atoms with Crippen molar-refractivity contribution in [1.29, 1.82) is 0 Å². The van der Waals surface area contributed by atoms with Gasteiger partial charge in [-0.05, 0) is 24.1 Å². The van der Waals surface area contributed by atoms with Crippen LogP contribution >= 0.6 is 0 Å². The maximum atomic E-state index is 12.4. The number of benzene rings is 1. The average molecular weight is 285 g/mol. The first-order chi connectivity index (χ1) is 10.0. The number of nitrogens with one attached hydrogen (secondary N) is 1. The van der Waals surface area contributed by atoms with Crippen LogP contribution in [0.1, 0.15) is 24.4 Å². The lowest BCUT2D eigenvalue weighted by atomic mass is 10.1. The van der Waals surface area contributed by atoms with Gasteiger partial charge in [-0.1, -0.05) is 18.7 Å². The van der Waals surface area contributed by atoms with Gasteiger partial charge >= 0.3 is 5.69 Å². The van der Waals surface area contributed by atoms with Gasteiger partial charge in [-0.15, -0.1) is 0 Å². The molecule has 1 aromatic heterocycles. The van der Waals surface area contributed by atoms with Gasteiger partial charge in [-0.3, -0.25) is 24.0 Å². The number of imidazole rings is 1. The molecule has 1 N–H and O–H groups in total. The van der Waals surface area contributed by atoms with Crippen molar-refractivity contribution < 1.29 is 9.59 Å². The molecule has 1 aliphatic rings. The maximum absolute atomic E-state index is 12.4. The number of imide groups is 1. The van der Waals surface area contributed by atoms with Crippen LogP contribution in [0.4, 0.5) is 0 Å². The molecule has 1 fully saturated rings. The summed E-state index contributed by atoms with van der Waals surface area (Å²) in [6, 6.07) is 4.86. The second-order valence-corrected chi connectivity index (χ2v) is 5.13. The highest BCUT2D eigenvalue weighted by Crippen LogP contribution is 2.23. The Morgan fingerprint density at radius 1 is 1.29 bits per heavy atom. The van der Waals surface area contributed by atoms with E-state index in [9.17, 15) is 14.4 Å². The number of carbonyl (C=O) groups is 2. The predicted octanol–water partition coefficient (Wildman–Crippen LogP) is 0.961. The van der Waals surface area contributed by atoms with Crippen molar-refractivity contribution in [3.8, 4) is 0 Å².